The summed E-state index contributed by atoms with van der Waals surface area (Å²) in [4.78, 5) is 30.5. The fourth-order valence-corrected chi connectivity index (χ4v) is 5.49. The minimum absolute atomic E-state index is 0.0577. The van der Waals surface area contributed by atoms with Crippen molar-refractivity contribution in [1.82, 2.24) is 14.8 Å². The molecule has 0 fully saturated rings. The highest BCUT2D eigenvalue weighted by atomic mass is 32.5. The first-order valence-corrected chi connectivity index (χ1v) is 17.5. The molecule has 0 atom stereocenters. The number of carbonyl (C=O) groups excluding carboxylic acids is 2. The summed E-state index contributed by atoms with van der Waals surface area (Å²) in [6.07, 6.45) is 0.783. The third-order valence-electron chi connectivity index (χ3n) is 7.51. The maximum atomic E-state index is 15.3. The van der Waals surface area contributed by atoms with Gasteiger partial charge in [-0.3, -0.25) is 9.59 Å². The van der Waals surface area contributed by atoms with Crippen molar-refractivity contribution >= 4 is 27.7 Å². The third kappa shape index (κ3) is 10.8. The van der Waals surface area contributed by atoms with Crippen molar-refractivity contribution in [2.45, 2.75) is 24.8 Å². The minimum atomic E-state index is -10.3. The molecule has 0 aliphatic carbocycles. The number of hydrogen-bond donors (Lipinski definition) is 1. The van der Waals surface area contributed by atoms with Crippen LogP contribution in [0, 0.1) is 5.82 Å². The lowest BCUT2D eigenvalue weighted by Crippen LogP contribution is -2.33. The van der Waals surface area contributed by atoms with Gasteiger partial charge >= 0.3 is 10.2 Å². The molecule has 0 saturated heterocycles. The number of pyridine rings is 1. The molecule has 0 unspecified atom stereocenters. The molecule has 51 heavy (non-hydrogen) atoms. The van der Waals surface area contributed by atoms with Gasteiger partial charge in [0, 0.05) is 49.2 Å². The molecule has 4 rings (SSSR count). The van der Waals surface area contributed by atoms with E-state index in [0.717, 1.165) is 22.6 Å². The summed E-state index contributed by atoms with van der Waals surface area (Å²) < 4.78 is 101. The first-order chi connectivity index (χ1) is 23.8. The Morgan fingerprint density at radius 2 is 1.59 bits per heavy atom. The molecule has 0 aliphatic rings. The quantitative estimate of drug-likeness (QED) is 0.123. The fraction of sp³-hybridized carbons (Fsp3) is 0.286. The summed E-state index contributed by atoms with van der Waals surface area (Å²) in [6.45, 7) is 2.70. The van der Waals surface area contributed by atoms with E-state index in [0.29, 0.717) is 29.2 Å². The zero-order valence-electron chi connectivity index (χ0n) is 28.5. The summed E-state index contributed by atoms with van der Waals surface area (Å²) in [7, 11) is -3.97. The van der Waals surface area contributed by atoms with Crippen molar-refractivity contribution in [3.8, 4) is 28.5 Å². The summed E-state index contributed by atoms with van der Waals surface area (Å²) in [5.74, 6) is -1.49. The van der Waals surface area contributed by atoms with Gasteiger partial charge in [0.2, 0.25) is 11.8 Å². The van der Waals surface area contributed by atoms with Crippen LogP contribution in [0.1, 0.15) is 28.4 Å². The van der Waals surface area contributed by atoms with Gasteiger partial charge in [-0.05, 0) is 74.1 Å². The van der Waals surface area contributed by atoms with Crippen LogP contribution < -0.4 is 19.5 Å². The molecule has 9 nitrogen and oxygen atoms in total. The van der Waals surface area contributed by atoms with E-state index < -0.39 is 50.4 Å². The Kier molecular flexibility index (Phi) is 11.2. The van der Waals surface area contributed by atoms with Crippen LogP contribution in [0.5, 0.6) is 17.4 Å². The lowest BCUT2D eigenvalue weighted by Gasteiger charge is -2.41. The summed E-state index contributed by atoms with van der Waals surface area (Å²) >= 11 is 0. The van der Waals surface area contributed by atoms with E-state index in [-0.39, 0.29) is 43.3 Å². The molecule has 2 amide bonds. The van der Waals surface area contributed by atoms with Crippen molar-refractivity contribution < 1.29 is 47.6 Å². The van der Waals surface area contributed by atoms with Gasteiger partial charge in [-0.25, -0.2) is 9.37 Å². The van der Waals surface area contributed by atoms with Crippen LogP contribution in [0.15, 0.2) is 77.8 Å². The number of ether oxygens (including phenoxy) is 3. The number of aromatic nitrogens is 1. The Morgan fingerprint density at radius 1 is 0.882 bits per heavy atom. The van der Waals surface area contributed by atoms with Crippen molar-refractivity contribution in [2.24, 2.45) is 0 Å². The Bertz CT molecular complexity index is 1890. The van der Waals surface area contributed by atoms with E-state index in [4.69, 9.17) is 14.2 Å². The van der Waals surface area contributed by atoms with Crippen LogP contribution in [0.3, 0.4) is 0 Å². The van der Waals surface area contributed by atoms with Crippen LogP contribution in [-0.4, -0.2) is 74.5 Å². The molecule has 0 bridgehead atoms. The van der Waals surface area contributed by atoms with Crippen molar-refractivity contribution in [2.75, 3.05) is 53.3 Å². The van der Waals surface area contributed by atoms with Gasteiger partial charge in [-0.1, -0.05) is 43.7 Å². The SMILES string of the molecule is CCOc1cc(OCc2ccc(OC)cc2)ncc1-c1ccc(CC(=O)Nc2cc(C(=O)N(C)CCN(C)C)cc(S(F)(F)(F)(F)F)c2)c(F)c1. The first kappa shape index (κ1) is 38.8. The first-order valence-electron chi connectivity index (χ1n) is 15.5. The second kappa shape index (κ2) is 14.7. The fourth-order valence-electron chi connectivity index (χ4n) is 4.79. The molecular formula is C35H38F6N4O5S. The summed E-state index contributed by atoms with van der Waals surface area (Å²) in [5.41, 5.74) is 0.0945. The van der Waals surface area contributed by atoms with Crippen molar-refractivity contribution in [3.05, 3.63) is 95.4 Å². The van der Waals surface area contributed by atoms with E-state index in [2.05, 4.69) is 10.3 Å². The third-order valence-corrected chi connectivity index (χ3v) is 8.64. The predicted octanol–water partition coefficient (Wildman–Crippen LogP) is 8.35. The molecular weight excluding hydrogens is 702 g/mol. The molecule has 0 saturated carbocycles. The predicted molar refractivity (Wildman–Crippen MR) is 184 cm³/mol. The van der Waals surface area contributed by atoms with Gasteiger partial charge < -0.3 is 29.3 Å². The number of benzene rings is 3. The maximum Gasteiger partial charge on any atom is 0.310 e. The number of nitrogens with zero attached hydrogens (tertiary/aromatic N) is 3. The maximum absolute atomic E-state index is 15.3. The smallest absolute Gasteiger partial charge is 0.310 e. The molecule has 1 N–H and O–H groups in total. The molecule has 276 valence electrons. The van der Waals surface area contributed by atoms with Crippen LogP contribution >= 0.6 is 10.2 Å². The van der Waals surface area contributed by atoms with Crippen LogP contribution in [-0.2, 0) is 17.8 Å². The molecule has 0 aliphatic heterocycles. The van der Waals surface area contributed by atoms with Gasteiger partial charge in [0.25, 0.3) is 5.91 Å². The van der Waals surface area contributed by atoms with Crippen molar-refractivity contribution in [1.29, 1.82) is 0 Å². The lowest BCUT2D eigenvalue weighted by molar-refractivity contribution is -0.115. The average Bonchev–Trinajstić information content (AvgIpc) is 3.06. The van der Waals surface area contributed by atoms with Gasteiger partial charge in [-0.2, -0.15) is 0 Å². The Balaban J connectivity index is 1.52. The second-order valence-electron chi connectivity index (χ2n) is 11.9. The number of anilines is 1. The summed E-state index contributed by atoms with van der Waals surface area (Å²) in [6, 6.07) is 13.7. The number of amides is 2. The highest BCUT2D eigenvalue weighted by Gasteiger charge is 2.65. The molecule has 0 spiro atoms. The Labute approximate surface area is 291 Å². The van der Waals surface area contributed by atoms with Crippen molar-refractivity contribution in [3.63, 3.8) is 0 Å². The number of halogens is 6. The highest BCUT2D eigenvalue weighted by molar-refractivity contribution is 8.45. The number of likely N-dealkylation sites (N-methyl/N-ethyl adjacent to an activating group) is 2. The van der Waals surface area contributed by atoms with E-state index >= 15 is 4.39 Å². The van der Waals surface area contributed by atoms with Gasteiger partial charge in [0.05, 0.1) is 20.1 Å². The monoisotopic (exact) mass is 740 g/mol. The number of nitrogens with one attached hydrogen (secondary N) is 1. The van der Waals surface area contributed by atoms with Gasteiger partial charge in [-0.15, -0.1) is 0 Å². The largest absolute Gasteiger partial charge is 0.497 e. The van der Waals surface area contributed by atoms with Gasteiger partial charge in [0.1, 0.15) is 28.8 Å². The second-order valence-corrected chi connectivity index (χ2v) is 14.3. The molecule has 16 heteroatoms. The standard InChI is InChI=1S/C35H38F6N4O5S/c1-6-49-32-20-34(50-22-23-7-11-28(48-5)12-8-23)42-21-30(32)24-9-10-25(31(36)17-24)18-33(46)43-27-15-26(35(47)45(4)14-13-44(2)3)16-29(19-27)51(37,38,39,40)41/h7-12,15-17,19-21H,6,13-14,18,22H2,1-5H3,(H,43,46). The average molecular weight is 741 g/mol. The number of hydrogen-bond acceptors (Lipinski definition) is 7. The van der Waals surface area contributed by atoms with E-state index in [1.54, 1.807) is 51.2 Å². The Hall–Kier alpha value is -4.96. The minimum Gasteiger partial charge on any atom is -0.497 e. The Morgan fingerprint density at radius 3 is 2.20 bits per heavy atom. The molecule has 1 aromatic heterocycles. The summed E-state index contributed by atoms with van der Waals surface area (Å²) in [5, 5.41) is 2.11. The van der Waals surface area contributed by atoms with Crippen LogP contribution in [0.2, 0.25) is 0 Å². The number of methoxy groups -OCH3 is 1. The van der Waals surface area contributed by atoms with Crippen LogP contribution in [0.25, 0.3) is 11.1 Å². The highest BCUT2D eigenvalue weighted by Crippen LogP contribution is 3.02. The molecule has 0 radical (unpaired) electrons. The van der Waals surface area contributed by atoms with E-state index in [9.17, 15) is 29.0 Å². The number of carbonyl (C=O) groups is 2. The molecule has 3 aromatic carbocycles. The van der Waals surface area contributed by atoms with Crippen LogP contribution in [0.4, 0.5) is 29.5 Å². The van der Waals surface area contributed by atoms with Gasteiger partial charge in [0.15, 0.2) is 0 Å². The topological polar surface area (TPSA) is 93.2 Å². The zero-order chi connectivity index (χ0) is 37.6. The number of rotatable bonds is 15. The normalized spacial score (nSPS) is 12.9. The van der Waals surface area contributed by atoms with E-state index in [1.807, 2.05) is 12.1 Å². The lowest BCUT2D eigenvalue weighted by atomic mass is 10.0. The molecule has 4 aromatic rings. The van der Waals surface area contributed by atoms with E-state index in [1.165, 1.54) is 25.4 Å². The zero-order valence-corrected chi connectivity index (χ0v) is 29.3. The molecule has 1 heterocycles.